The Morgan fingerprint density at radius 1 is 1.41 bits per heavy atom. The summed E-state index contributed by atoms with van der Waals surface area (Å²) < 4.78 is 0. The molecule has 2 aliphatic heterocycles. The molecule has 92 valence electrons. The summed E-state index contributed by atoms with van der Waals surface area (Å²) >= 11 is 6.23. The lowest BCUT2D eigenvalue weighted by atomic mass is 10.0. The van der Waals surface area contributed by atoms with E-state index in [9.17, 15) is 0 Å². The Balaban J connectivity index is 2.11. The topological polar surface area (TPSA) is 18.5 Å². The van der Waals surface area contributed by atoms with Gasteiger partial charge >= 0.3 is 0 Å². The fourth-order valence-corrected chi connectivity index (χ4v) is 3.18. The summed E-state index contributed by atoms with van der Waals surface area (Å²) in [6.07, 6.45) is 0. The summed E-state index contributed by atoms with van der Waals surface area (Å²) in [4.78, 5) is 4.86. The molecule has 0 aromatic heterocycles. The van der Waals surface area contributed by atoms with Crippen molar-refractivity contribution in [3.05, 3.63) is 22.7 Å². The van der Waals surface area contributed by atoms with E-state index in [1.54, 1.807) is 0 Å². The number of rotatable bonds is 0. The van der Waals surface area contributed by atoms with Crippen molar-refractivity contribution in [2.24, 2.45) is 0 Å². The van der Waals surface area contributed by atoms with E-state index in [2.05, 4.69) is 35.2 Å². The molecule has 3 rings (SSSR count). The number of nitrogens with zero attached hydrogens (tertiary/aromatic N) is 2. The molecule has 3 nitrogen and oxygen atoms in total. The van der Waals surface area contributed by atoms with Crippen molar-refractivity contribution in [1.29, 1.82) is 0 Å². The lowest BCUT2D eigenvalue weighted by Gasteiger charge is -2.46. The zero-order chi connectivity index (χ0) is 12.0. The number of piperazine rings is 1. The van der Waals surface area contributed by atoms with Gasteiger partial charge in [0.1, 0.15) is 0 Å². The third kappa shape index (κ3) is 1.69. The summed E-state index contributed by atoms with van der Waals surface area (Å²) in [6, 6.07) is 4.77. The van der Waals surface area contributed by atoms with E-state index in [-0.39, 0.29) is 0 Å². The van der Waals surface area contributed by atoms with Crippen molar-refractivity contribution in [2.75, 3.05) is 43.0 Å². The van der Waals surface area contributed by atoms with E-state index in [1.807, 2.05) is 6.07 Å². The molecule has 2 aliphatic rings. The number of benzene rings is 1. The first-order chi connectivity index (χ1) is 8.18. The average Bonchev–Trinajstić information content (AvgIpc) is 2.33. The van der Waals surface area contributed by atoms with E-state index in [0.29, 0.717) is 6.04 Å². The van der Waals surface area contributed by atoms with Gasteiger partial charge in [0.25, 0.3) is 0 Å². The predicted molar refractivity (Wildman–Crippen MR) is 73.5 cm³/mol. The second-order valence-electron chi connectivity index (χ2n) is 4.97. The quantitative estimate of drug-likeness (QED) is 0.760. The van der Waals surface area contributed by atoms with Gasteiger partial charge in [-0.15, -0.1) is 0 Å². The molecular formula is C13H18ClN3. The zero-order valence-corrected chi connectivity index (χ0v) is 11.1. The molecule has 0 spiro atoms. The summed E-state index contributed by atoms with van der Waals surface area (Å²) in [6.45, 7) is 6.42. The molecule has 1 fully saturated rings. The van der Waals surface area contributed by atoms with Crippen molar-refractivity contribution in [3.63, 3.8) is 0 Å². The molecule has 1 saturated heterocycles. The van der Waals surface area contributed by atoms with Crippen molar-refractivity contribution in [2.45, 2.75) is 13.0 Å². The Morgan fingerprint density at radius 3 is 3.06 bits per heavy atom. The largest absolute Gasteiger partial charge is 0.371 e. The summed E-state index contributed by atoms with van der Waals surface area (Å²) in [5.74, 6) is 0. The van der Waals surface area contributed by atoms with Gasteiger partial charge in [-0.3, -0.25) is 0 Å². The van der Waals surface area contributed by atoms with Crippen LogP contribution in [-0.4, -0.2) is 39.3 Å². The van der Waals surface area contributed by atoms with Gasteiger partial charge in [-0.2, -0.15) is 0 Å². The molecule has 1 N–H and O–H groups in total. The minimum atomic E-state index is 0.585. The highest BCUT2D eigenvalue weighted by atomic mass is 35.5. The minimum Gasteiger partial charge on any atom is -0.371 e. The standard InChI is InChI=1S/C13H18ClN3/c1-9-11(14)3-4-12-13(9)16(2)8-10-7-15-5-6-17(10)12/h3-4,10,15H,5-8H2,1-2H3. The Morgan fingerprint density at radius 2 is 2.24 bits per heavy atom. The first kappa shape index (κ1) is 11.2. The highest BCUT2D eigenvalue weighted by molar-refractivity contribution is 6.32. The van der Waals surface area contributed by atoms with Gasteiger partial charge in [0.05, 0.1) is 17.4 Å². The predicted octanol–water partition coefficient (Wildman–Crippen LogP) is 1.88. The first-order valence-corrected chi connectivity index (χ1v) is 6.54. The first-order valence-electron chi connectivity index (χ1n) is 6.16. The molecule has 0 bridgehead atoms. The second kappa shape index (κ2) is 4.07. The van der Waals surface area contributed by atoms with Crippen molar-refractivity contribution in [3.8, 4) is 0 Å². The number of halogens is 1. The van der Waals surface area contributed by atoms with E-state index in [1.165, 1.54) is 16.9 Å². The molecule has 0 aliphatic carbocycles. The van der Waals surface area contributed by atoms with Gasteiger partial charge in [0.15, 0.2) is 0 Å². The molecule has 0 radical (unpaired) electrons. The van der Waals surface area contributed by atoms with Crippen LogP contribution in [0.4, 0.5) is 11.4 Å². The van der Waals surface area contributed by atoms with Gasteiger partial charge in [-0.1, -0.05) is 11.6 Å². The average molecular weight is 252 g/mol. The maximum absolute atomic E-state index is 6.23. The van der Waals surface area contributed by atoms with Crippen molar-refractivity contribution in [1.82, 2.24) is 5.32 Å². The minimum absolute atomic E-state index is 0.585. The number of nitrogens with one attached hydrogen (secondary N) is 1. The summed E-state index contributed by atoms with van der Waals surface area (Å²) in [5, 5.41) is 4.33. The highest BCUT2D eigenvalue weighted by Gasteiger charge is 2.32. The van der Waals surface area contributed by atoms with E-state index in [0.717, 1.165) is 31.2 Å². The molecule has 4 heteroatoms. The molecular weight excluding hydrogens is 234 g/mol. The fourth-order valence-electron chi connectivity index (χ4n) is 3.02. The van der Waals surface area contributed by atoms with Crippen LogP contribution in [0.15, 0.2) is 12.1 Å². The molecule has 1 aromatic rings. The van der Waals surface area contributed by atoms with Gasteiger partial charge in [0, 0.05) is 38.2 Å². The highest BCUT2D eigenvalue weighted by Crippen LogP contribution is 2.40. The molecule has 1 aromatic carbocycles. The van der Waals surface area contributed by atoms with Gasteiger partial charge in [-0.25, -0.2) is 0 Å². The number of fused-ring (bicyclic) bond motifs is 3. The van der Waals surface area contributed by atoms with Crippen LogP contribution in [0, 0.1) is 6.92 Å². The van der Waals surface area contributed by atoms with Crippen molar-refractivity contribution < 1.29 is 0 Å². The molecule has 17 heavy (non-hydrogen) atoms. The number of likely N-dealkylation sites (N-methyl/N-ethyl adjacent to an activating group) is 1. The van der Waals surface area contributed by atoms with Crippen molar-refractivity contribution >= 4 is 23.0 Å². The van der Waals surface area contributed by atoms with Crippen LogP contribution in [0.2, 0.25) is 5.02 Å². The van der Waals surface area contributed by atoms with Gasteiger partial charge < -0.3 is 15.1 Å². The number of hydrogen-bond donors (Lipinski definition) is 1. The molecule has 0 saturated carbocycles. The maximum atomic E-state index is 6.23. The Kier molecular flexibility index (Phi) is 2.68. The second-order valence-corrected chi connectivity index (χ2v) is 5.38. The normalized spacial score (nSPS) is 23.4. The molecule has 1 unspecified atom stereocenters. The lowest BCUT2D eigenvalue weighted by Crippen LogP contribution is -2.58. The Labute approximate surface area is 107 Å². The summed E-state index contributed by atoms with van der Waals surface area (Å²) in [5.41, 5.74) is 3.84. The smallest absolute Gasteiger partial charge is 0.0647 e. The summed E-state index contributed by atoms with van der Waals surface area (Å²) in [7, 11) is 2.16. The Hall–Kier alpha value is -0.930. The zero-order valence-electron chi connectivity index (χ0n) is 10.3. The van der Waals surface area contributed by atoms with Crippen LogP contribution in [0.5, 0.6) is 0 Å². The van der Waals surface area contributed by atoms with E-state index in [4.69, 9.17) is 11.6 Å². The molecule has 1 atom stereocenters. The molecule has 0 amide bonds. The maximum Gasteiger partial charge on any atom is 0.0647 e. The van der Waals surface area contributed by atoms with Gasteiger partial charge in [-0.05, 0) is 24.6 Å². The molecule has 2 heterocycles. The van der Waals surface area contributed by atoms with E-state index < -0.39 is 0 Å². The third-order valence-electron chi connectivity index (χ3n) is 3.87. The monoisotopic (exact) mass is 251 g/mol. The fraction of sp³-hybridized carbons (Fsp3) is 0.538. The van der Waals surface area contributed by atoms with Crippen LogP contribution in [0.25, 0.3) is 0 Å². The van der Waals surface area contributed by atoms with Crippen LogP contribution in [0.1, 0.15) is 5.56 Å². The SMILES string of the molecule is Cc1c(Cl)ccc2c1N(C)CC1CNCCN21. The number of hydrogen-bond acceptors (Lipinski definition) is 3. The van der Waals surface area contributed by atoms with Crippen LogP contribution < -0.4 is 15.1 Å². The third-order valence-corrected chi connectivity index (χ3v) is 4.28. The van der Waals surface area contributed by atoms with Crippen LogP contribution in [-0.2, 0) is 0 Å². The van der Waals surface area contributed by atoms with Crippen LogP contribution >= 0.6 is 11.6 Å². The Bertz CT molecular complexity index is 447. The number of anilines is 2. The van der Waals surface area contributed by atoms with Gasteiger partial charge in [0.2, 0.25) is 0 Å². The van der Waals surface area contributed by atoms with Crippen LogP contribution in [0.3, 0.4) is 0 Å². The lowest BCUT2D eigenvalue weighted by molar-refractivity contribution is 0.465. The van der Waals surface area contributed by atoms with E-state index >= 15 is 0 Å².